The molecule has 0 bridgehead atoms. The molecule has 0 aliphatic carbocycles. The number of amides is 1. The standard InChI is InChI=1S/C20H18N2O6S/c1-26-13-6-7-15(16(10-13)27-2)21-20-22-19(25)17(29-20)9-12-4-3-5-14(8-12)28-11-18(23)24/h3-10H,11H2,1-2H3,(H,23,24)(H,21,22,25)/b17-9+. The second-order valence-corrected chi connectivity index (χ2v) is 6.81. The number of amidine groups is 1. The van der Waals surface area contributed by atoms with Crippen LogP contribution in [0.3, 0.4) is 0 Å². The monoisotopic (exact) mass is 414 g/mol. The van der Waals surface area contributed by atoms with Gasteiger partial charge < -0.3 is 24.6 Å². The number of aliphatic carboxylic acids is 1. The topological polar surface area (TPSA) is 106 Å². The molecule has 1 saturated heterocycles. The Morgan fingerprint density at radius 3 is 2.72 bits per heavy atom. The quantitative estimate of drug-likeness (QED) is 0.671. The zero-order valence-corrected chi connectivity index (χ0v) is 16.5. The van der Waals surface area contributed by atoms with Crippen molar-refractivity contribution in [2.45, 2.75) is 0 Å². The van der Waals surface area contributed by atoms with Crippen molar-refractivity contribution in [2.75, 3.05) is 20.8 Å². The Bertz CT molecular complexity index is 1000. The highest BCUT2D eigenvalue weighted by atomic mass is 32.2. The number of carbonyl (C=O) groups is 2. The molecular formula is C20H18N2O6S. The van der Waals surface area contributed by atoms with Crippen LogP contribution in [-0.4, -0.2) is 43.0 Å². The van der Waals surface area contributed by atoms with Crippen LogP contribution in [0.15, 0.2) is 52.4 Å². The summed E-state index contributed by atoms with van der Waals surface area (Å²) < 4.78 is 15.6. The highest BCUT2D eigenvalue weighted by Gasteiger charge is 2.24. The second kappa shape index (κ2) is 9.16. The minimum atomic E-state index is -1.06. The van der Waals surface area contributed by atoms with Gasteiger partial charge in [0.25, 0.3) is 5.91 Å². The SMILES string of the molecule is COc1ccc(N=C2NC(=O)/C(=C\c3cccc(OCC(=O)O)c3)S2)c(OC)c1. The molecule has 1 aliphatic rings. The summed E-state index contributed by atoms with van der Waals surface area (Å²) in [6, 6.07) is 12.0. The van der Waals surface area contributed by atoms with Crippen molar-refractivity contribution in [3.63, 3.8) is 0 Å². The highest BCUT2D eigenvalue weighted by molar-refractivity contribution is 8.18. The maximum atomic E-state index is 12.3. The van der Waals surface area contributed by atoms with Gasteiger partial charge in [0.15, 0.2) is 11.8 Å². The van der Waals surface area contributed by atoms with Crippen molar-refractivity contribution in [1.29, 1.82) is 0 Å². The Morgan fingerprint density at radius 1 is 1.17 bits per heavy atom. The van der Waals surface area contributed by atoms with E-state index in [1.165, 1.54) is 18.9 Å². The second-order valence-electron chi connectivity index (χ2n) is 5.77. The van der Waals surface area contributed by atoms with Crippen LogP contribution in [0.1, 0.15) is 5.56 Å². The lowest BCUT2D eigenvalue weighted by Crippen LogP contribution is -2.19. The number of carboxylic acid groups (broad SMARTS) is 1. The lowest BCUT2D eigenvalue weighted by atomic mass is 10.2. The molecule has 0 saturated carbocycles. The Morgan fingerprint density at radius 2 is 2.00 bits per heavy atom. The van der Waals surface area contributed by atoms with Crippen molar-refractivity contribution in [3.05, 3.63) is 52.9 Å². The predicted molar refractivity (Wildman–Crippen MR) is 110 cm³/mol. The summed E-state index contributed by atoms with van der Waals surface area (Å²) >= 11 is 1.19. The molecule has 3 rings (SSSR count). The zero-order chi connectivity index (χ0) is 20.8. The fourth-order valence-electron chi connectivity index (χ4n) is 2.46. The van der Waals surface area contributed by atoms with E-state index < -0.39 is 12.6 Å². The number of methoxy groups -OCH3 is 2. The summed E-state index contributed by atoms with van der Waals surface area (Å²) in [5, 5.41) is 11.8. The molecule has 1 fully saturated rings. The van der Waals surface area contributed by atoms with Crippen LogP contribution in [0.25, 0.3) is 6.08 Å². The van der Waals surface area contributed by atoms with E-state index in [1.807, 2.05) is 0 Å². The molecule has 8 nitrogen and oxygen atoms in total. The predicted octanol–water partition coefficient (Wildman–Crippen LogP) is 3.06. The van der Waals surface area contributed by atoms with E-state index in [0.29, 0.717) is 38.6 Å². The number of rotatable bonds is 7. The van der Waals surface area contributed by atoms with E-state index >= 15 is 0 Å². The van der Waals surface area contributed by atoms with Crippen LogP contribution >= 0.6 is 11.8 Å². The van der Waals surface area contributed by atoms with Gasteiger partial charge in [0.1, 0.15) is 22.9 Å². The minimum Gasteiger partial charge on any atom is -0.497 e. The lowest BCUT2D eigenvalue weighted by Gasteiger charge is -2.07. The molecule has 1 aliphatic heterocycles. The van der Waals surface area contributed by atoms with Gasteiger partial charge in [-0.05, 0) is 47.7 Å². The third-order valence-corrected chi connectivity index (χ3v) is 4.69. The van der Waals surface area contributed by atoms with E-state index in [-0.39, 0.29) is 5.91 Å². The average Bonchev–Trinajstić information content (AvgIpc) is 3.05. The molecule has 0 spiro atoms. The van der Waals surface area contributed by atoms with Crippen LogP contribution < -0.4 is 19.5 Å². The molecule has 150 valence electrons. The van der Waals surface area contributed by atoms with Gasteiger partial charge in [-0.15, -0.1) is 0 Å². The fraction of sp³-hybridized carbons (Fsp3) is 0.150. The molecule has 9 heteroatoms. The van der Waals surface area contributed by atoms with Crippen LogP contribution in [-0.2, 0) is 9.59 Å². The third-order valence-electron chi connectivity index (χ3n) is 3.78. The van der Waals surface area contributed by atoms with E-state index in [2.05, 4.69) is 10.3 Å². The first kappa shape index (κ1) is 20.3. The van der Waals surface area contributed by atoms with Crippen molar-refractivity contribution in [3.8, 4) is 17.2 Å². The number of ether oxygens (including phenoxy) is 3. The molecule has 2 aromatic rings. The van der Waals surface area contributed by atoms with Gasteiger partial charge in [0, 0.05) is 6.07 Å². The normalized spacial score (nSPS) is 16.0. The minimum absolute atomic E-state index is 0.280. The van der Waals surface area contributed by atoms with E-state index in [4.69, 9.17) is 19.3 Å². The molecule has 0 radical (unpaired) electrons. The van der Waals surface area contributed by atoms with Gasteiger partial charge in [-0.25, -0.2) is 9.79 Å². The number of hydrogen-bond acceptors (Lipinski definition) is 7. The molecule has 2 N–H and O–H groups in total. The van der Waals surface area contributed by atoms with Crippen molar-refractivity contribution in [1.82, 2.24) is 5.32 Å². The number of thioether (sulfide) groups is 1. The number of carboxylic acids is 1. The Balaban J connectivity index is 1.79. The van der Waals surface area contributed by atoms with Gasteiger partial charge in [-0.1, -0.05) is 12.1 Å². The number of carbonyl (C=O) groups excluding carboxylic acids is 1. The van der Waals surface area contributed by atoms with E-state index in [9.17, 15) is 9.59 Å². The Labute approximate surface area is 171 Å². The number of nitrogens with zero attached hydrogens (tertiary/aromatic N) is 1. The van der Waals surface area contributed by atoms with E-state index in [0.717, 1.165) is 0 Å². The highest BCUT2D eigenvalue weighted by Crippen LogP contribution is 2.34. The van der Waals surface area contributed by atoms with Crippen molar-refractivity contribution in [2.24, 2.45) is 4.99 Å². The zero-order valence-electron chi connectivity index (χ0n) is 15.7. The van der Waals surface area contributed by atoms with Gasteiger partial charge in [-0.2, -0.15) is 0 Å². The van der Waals surface area contributed by atoms with Crippen LogP contribution in [0.5, 0.6) is 17.2 Å². The largest absolute Gasteiger partial charge is 0.497 e. The number of nitrogens with one attached hydrogen (secondary N) is 1. The number of aliphatic imine (C=N–C) groups is 1. The first-order valence-corrected chi connectivity index (χ1v) is 9.26. The first-order chi connectivity index (χ1) is 14.0. The Hall–Kier alpha value is -3.46. The molecule has 1 heterocycles. The molecule has 0 unspecified atom stereocenters. The van der Waals surface area contributed by atoms with E-state index in [1.54, 1.807) is 55.7 Å². The molecule has 29 heavy (non-hydrogen) atoms. The number of benzene rings is 2. The first-order valence-electron chi connectivity index (χ1n) is 8.45. The Kier molecular flexibility index (Phi) is 6.40. The van der Waals surface area contributed by atoms with Crippen LogP contribution in [0, 0.1) is 0 Å². The summed E-state index contributed by atoms with van der Waals surface area (Å²) in [5.41, 5.74) is 1.26. The van der Waals surface area contributed by atoms with Crippen LogP contribution in [0.4, 0.5) is 5.69 Å². The average molecular weight is 414 g/mol. The molecule has 0 atom stereocenters. The van der Waals surface area contributed by atoms with Crippen molar-refractivity contribution < 1.29 is 28.9 Å². The fourth-order valence-corrected chi connectivity index (χ4v) is 3.29. The summed E-state index contributed by atoms with van der Waals surface area (Å²) in [5.74, 6) is 0.223. The van der Waals surface area contributed by atoms with Gasteiger partial charge in [0.05, 0.1) is 19.1 Å². The third kappa shape index (κ3) is 5.29. The molecule has 2 aromatic carbocycles. The maximum absolute atomic E-state index is 12.3. The summed E-state index contributed by atoms with van der Waals surface area (Å²) in [4.78, 5) is 27.8. The summed E-state index contributed by atoms with van der Waals surface area (Å²) in [7, 11) is 3.09. The van der Waals surface area contributed by atoms with Crippen molar-refractivity contribution >= 4 is 40.6 Å². The summed E-state index contributed by atoms with van der Waals surface area (Å²) in [6.07, 6.45) is 1.68. The molecule has 1 amide bonds. The van der Waals surface area contributed by atoms with Gasteiger partial charge >= 0.3 is 5.97 Å². The van der Waals surface area contributed by atoms with Gasteiger partial charge in [-0.3, -0.25) is 4.79 Å². The summed E-state index contributed by atoms with van der Waals surface area (Å²) in [6.45, 7) is -0.435. The van der Waals surface area contributed by atoms with Crippen LogP contribution in [0.2, 0.25) is 0 Å². The lowest BCUT2D eigenvalue weighted by molar-refractivity contribution is -0.139. The molecular weight excluding hydrogens is 396 g/mol. The van der Waals surface area contributed by atoms with Gasteiger partial charge in [0.2, 0.25) is 0 Å². The smallest absolute Gasteiger partial charge is 0.341 e. The number of hydrogen-bond donors (Lipinski definition) is 2. The molecule has 0 aromatic heterocycles. The maximum Gasteiger partial charge on any atom is 0.341 e.